The van der Waals surface area contributed by atoms with Gasteiger partial charge in [0.2, 0.25) is 5.78 Å². The molecular formula is C34H38N2O5. The summed E-state index contributed by atoms with van der Waals surface area (Å²) in [6.45, 7) is 9.96. The van der Waals surface area contributed by atoms with Crippen molar-refractivity contribution in [2.75, 3.05) is 26.2 Å². The van der Waals surface area contributed by atoms with Crippen LogP contribution in [0.1, 0.15) is 55.5 Å². The number of quaternary nitrogens is 1. The van der Waals surface area contributed by atoms with Crippen LogP contribution in [0.4, 0.5) is 0 Å². The van der Waals surface area contributed by atoms with Crippen LogP contribution in [0.2, 0.25) is 0 Å². The van der Waals surface area contributed by atoms with Gasteiger partial charge in [0.25, 0.3) is 5.91 Å². The lowest BCUT2D eigenvalue weighted by atomic mass is 9.94. The number of amides is 1. The van der Waals surface area contributed by atoms with Crippen LogP contribution in [-0.4, -0.2) is 48.9 Å². The minimum Gasteiger partial charge on any atom is -0.872 e. The van der Waals surface area contributed by atoms with Crippen molar-refractivity contribution in [1.29, 1.82) is 0 Å². The number of nitrogens with zero attached hydrogens (tertiary/aromatic N) is 1. The maximum Gasteiger partial charge on any atom is 0.295 e. The van der Waals surface area contributed by atoms with Gasteiger partial charge in [-0.1, -0.05) is 54.3 Å². The zero-order valence-corrected chi connectivity index (χ0v) is 24.0. The van der Waals surface area contributed by atoms with Gasteiger partial charge in [-0.15, -0.1) is 0 Å². The number of hydrogen-bond acceptors (Lipinski definition) is 5. The predicted octanol–water partition coefficient (Wildman–Crippen LogP) is 3.13. The largest absolute Gasteiger partial charge is 0.872 e. The van der Waals surface area contributed by atoms with E-state index in [0.717, 1.165) is 42.9 Å². The fourth-order valence-electron chi connectivity index (χ4n) is 5.76. The summed E-state index contributed by atoms with van der Waals surface area (Å²) in [7, 11) is 0. The fourth-order valence-corrected chi connectivity index (χ4v) is 5.76. The summed E-state index contributed by atoms with van der Waals surface area (Å²) in [6.07, 6.45) is 1.48. The molecule has 214 valence electrons. The SMILES string of the molecule is CC[NH+](CC)CCCN1C(=O)C(=O)C(=C([O-])c2ccc3c(c2)CC(C)O3)C1c1ccc(OCc2ccccc2)cc1. The molecule has 1 saturated heterocycles. The van der Waals surface area contributed by atoms with Crippen molar-refractivity contribution in [3.05, 3.63) is 101 Å². The van der Waals surface area contributed by atoms with Crippen molar-refractivity contribution in [2.45, 2.75) is 52.4 Å². The van der Waals surface area contributed by atoms with Crippen molar-refractivity contribution in [1.82, 2.24) is 4.90 Å². The minimum absolute atomic E-state index is 0.00931. The van der Waals surface area contributed by atoms with Gasteiger partial charge in [-0.2, -0.15) is 0 Å². The molecule has 7 heteroatoms. The standard InChI is InChI=1S/C34H38N2O5/c1-4-35(5-2)18-9-19-36-31(25-12-15-28(16-13-25)40-22-24-10-7-6-8-11-24)30(33(38)34(36)39)32(37)26-14-17-29-27(21-26)20-23(3)41-29/h6-8,10-17,21,23,31,37H,4-5,9,18-20,22H2,1-3H3. The lowest BCUT2D eigenvalue weighted by molar-refractivity contribution is -0.896. The normalized spacial score (nSPS) is 19.5. The lowest BCUT2D eigenvalue weighted by Crippen LogP contribution is -3.11. The van der Waals surface area contributed by atoms with Crippen LogP contribution in [0, 0.1) is 0 Å². The monoisotopic (exact) mass is 554 g/mol. The first-order valence-electron chi connectivity index (χ1n) is 14.6. The fraction of sp³-hybridized carbons (Fsp3) is 0.353. The van der Waals surface area contributed by atoms with Gasteiger partial charge in [-0.3, -0.25) is 9.59 Å². The first kappa shape index (κ1) is 28.4. The number of carbonyl (C=O) groups is 2. The van der Waals surface area contributed by atoms with Gasteiger partial charge in [-0.25, -0.2) is 0 Å². The van der Waals surface area contributed by atoms with Crippen LogP contribution in [0.3, 0.4) is 0 Å². The number of Topliss-reactive ketones (excluding diaryl/α,β-unsaturated/α-hetero) is 1. The molecule has 1 N–H and O–H groups in total. The van der Waals surface area contributed by atoms with Gasteiger partial charge in [0, 0.05) is 25.0 Å². The second kappa shape index (κ2) is 12.6. The van der Waals surface area contributed by atoms with Crippen molar-refractivity contribution in [3.8, 4) is 11.5 Å². The highest BCUT2D eigenvalue weighted by Crippen LogP contribution is 2.40. The van der Waals surface area contributed by atoms with Crippen molar-refractivity contribution >= 4 is 17.4 Å². The van der Waals surface area contributed by atoms with Crippen LogP contribution in [0.25, 0.3) is 5.76 Å². The number of rotatable bonds is 11. The first-order chi connectivity index (χ1) is 19.9. The molecule has 2 heterocycles. The molecule has 1 amide bonds. The minimum atomic E-state index is -0.749. The Morgan fingerprint density at radius 2 is 1.76 bits per heavy atom. The molecule has 5 rings (SSSR count). The number of hydrogen-bond donors (Lipinski definition) is 1. The summed E-state index contributed by atoms with van der Waals surface area (Å²) in [5.41, 5.74) is 3.12. The van der Waals surface area contributed by atoms with Crippen LogP contribution in [0.15, 0.2) is 78.4 Å². The number of carbonyl (C=O) groups excluding carboxylic acids is 2. The Balaban J connectivity index is 1.46. The van der Waals surface area contributed by atoms with Gasteiger partial charge in [0.15, 0.2) is 0 Å². The second-order valence-electron chi connectivity index (χ2n) is 10.8. The third-order valence-corrected chi connectivity index (χ3v) is 8.06. The second-order valence-corrected chi connectivity index (χ2v) is 10.8. The van der Waals surface area contributed by atoms with Crippen molar-refractivity contribution in [3.63, 3.8) is 0 Å². The third-order valence-electron chi connectivity index (χ3n) is 8.06. The highest BCUT2D eigenvalue weighted by molar-refractivity contribution is 6.46. The zero-order chi connectivity index (χ0) is 28.9. The maximum atomic E-state index is 13.9. The highest BCUT2D eigenvalue weighted by atomic mass is 16.5. The number of likely N-dealkylation sites (tertiary alicyclic amines) is 1. The molecule has 0 radical (unpaired) electrons. The van der Waals surface area contributed by atoms with Gasteiger partial charge in [0.1, 0.15) is 24.2 Å². The number of ketones is 1. The van der Waals surface area contributed by atoms with E-state index in [-0.39, 0.29) is 11.7 Å². The number of nitrogens with one attached hydrogen (secondary N) is 1. The Kier molecular flexibility index (Phi) is 8.74. The molecule has 0 saturated carbocycles. The van der Waals surface area contributed by atoms with E-state index in [1.165, 1.54) is 4.90 Å². The molecule has 0 bridgehead atoms. The number of benzene rings is 3. The molecule has 7 nitrogen and oxygen atoms in total. The molecule has 2 aliphatic rings. The zero-order valence-electron chi connectivity index (χ0n) is 24.0. The van der Waals surface area contributed by atoms with E-state index in [4.69, 9.17) is 9.47 Å². The van der Waals surface area contributed by atoms with Crippen LogP contribution >= 0.6 is 0 Å². The van der Waals surface area contributed by atoms with Gasteiger partial charge >= 0.3 is 0 Å². The molecule has 1 fully saturated rings. The maximum absolute atomic E-state index is 13.9. The van der Waals surface area contributed by atoms with Crippen LogP contribution in [-0.2, 0) is 22.6 Å². The topological polar surface area (TPSA) is 83.3 Å². The Bertz CT molecular complexity index is 1410. The van der Waals surface area contributed by atoms with Gasteiger partial charge in [0.05, 0.1) is 25.7 Å². The van der Waals surface area contributed by atoms with Crippen molar-refractivity contribution < 1.29 is 29.1 Å². The summed E-state index contributed by atoms with van der Waals surface area (Å²) in [4.78, 5) is 29.8. The molecule has 3 aromatic rings. The summed E-state index contributed by atoms with van der Waals surface area (Å²) in [6, 6.07) is 21.8. The molecule has 2 aliphatic heterocycles. The van der Waals surface area contributed by atoms with Crippen LogP contribution < -0.4 is 19.5 Å². The summed E-state index contributed by atoms with van der Waals surface area (Å²) in [5.74, 6) is -0.307. The van der Waals surface area contributed by atoms with E-state index in [1.54, 1.807) is 23.1 Å². The molecule has 0 aliphatic carbocycles. The predicted molar refractivity (Wildman–Crippen MR) is 155 cm³/mol. The molecular weight excluding hydrogens is 516 g/mol. The van der Waals surface area contributed by atoms with Gasteiger partial charge < -0.3 is 24.4 Å². The third kappa shape index (κ3) is 6.15. The van der Waals surface area contributed by atoms with E-state index in [1.807, 2.05) is 61.5 Å². The van der Waals surface area contributed by atoms with Crippen LogP contribution in [0.5, 0.6) is 11.5 Å². The van der Waals surface area contributed by atoms with Crippen molar-refractivity contribution in [2.24, 2.45) is 0 Å². The Labute approximate surface area is 242 Å². The van der Waals surface area contributed by atoms with Gasteiger partial charge in [-0.05, 0) is 67.3 Å². The molecule has 2 unspecified atom stereocenters. The average Bonchev–Trinajstić information content (AvgIpc) is 3.49. The Morgan fingerprint density at radius 1 is 1.02 bits per heavy atom. The molecule has 2 atom stereocenters. The number of fused-ring (bicyclic) bond motifs is 1. The van der Waals surface area contributed by atoms with E-state index in [2.05, 4.69) is 13.8 Å². The quantitative estimate of drug-likeness (QED) is 0.224. The highest BCUT2D eigenvalue weighted by Gasteiger charge is 2.44. The molecule has 41 heavy (non-hydrogen) atoms. The first-order valence-corrected chi connectivity index (χ1v) is 14.6. The Hall–Kier alpha value is -4.10. The summed E-state index contributed by atoms with van der Waals surface area (Å²) < 4.78 is 11.7. The van der Waals surface area contributed by atoms with E-state index >= 15 is 0 Å². The smallest absolute Gasteiger partial charge is 0.295 e. The number of ether oxygens (including phenoxy) is 2. The van der Waals surface area contributed by atoms with E-state index in [0.29, 0.717) is 36.4 Å². The molecule has 3 aromatic carbocycles. The Morgan fingerprint density at radius 3 is 2.46 bits per heavy atom. The molecule has 0 aromatic heterocycles. The summed E-state index contributed by atoms with van der Waals surface area (Å²) in [5, 5.41) is 13.9. The lowest BCUT2D eigenvalue weighted by Gasteiger charge is -2.28. The average molecular weight is 555 g/mol. The molecule has 0 spiro atoms. The van der Waals surface area contributed by atoms with E-state index < -0.39 is 23.5 Å². The summed E-state index contributed by atoms with van der Waals surface area (Å²) >= 11 is 0. The van der Waals surface area contributed by atoms with E-state index in [9.17, 15) is 14.7 Å².